The van der Waals surface area contributed by atoms with Gasteiger partial charge in [-0.25, -0.2) is 8.42 Å². The fraction of sp³-hybridized carbons (Fsp3) is 0.625. The van der Waals surface area contributed by atoms with E-state index in [0.717, 1.165) is 4.90 Å². The van der Waals surface area contributed by atoms with E-state index in [1.165, 1.54) is 21.3 Å². The number of sulfone groups is 1. The number of nitrogens with one attached hydrogen (secondary N) is 1. The molecule has 0 amide bonds. The smallest absolute Gasteiger partial charge is 0.203 e. The molecule has 1 aliphatic heterocycles. The van der Waals surface area contributed by atoms with Gasteiger partial charge in [0.2, 0.25) is 5.75 Å². The molecule has 1 atom stereocenters. The van der Waals surface area contributed by atoms with Crippen LogP contribution in [0, 0.1) is 0 Å². The SMILES string of the molecule is COc1cc(OCC(O)C[NH+]2CCS(=O)(=O)CC2)cc(OC)c1OC.[Cl-]. The Labute approximate surface area is 160 Å². The van der Waals surface area contributed by atoms with Gasteiger partial charge in [-0.3, -0.25) is 0 Å². The molecule has 0 saturated carbocycles. The van der Waals surface area contributed by atoms with Crippen LogP contribution < -0.4 is 36.3 Å². The number of aliphatic hydroxyl groups is 1. The zero-order chi connectivity index (χ0) is 18.4. The van der Waals surface area contributed by atoms with Gasteiger partial charge in [-0.15, -0.1) is 0 Å². The molecular weight excluding hydrogens is 386 g/mol. The van der Waals surface area contributed by atoms with Crippen LogP contribution in [0.5, 0.6) is 23.0 Å². The first-order chi connectivity index (χ1) is 11.9. The molecule has 1 aromatic carbocycles. The minimum atomic E-state index is -2.90. The number of ether oxygens (including phenoxy) is 4. The van der Waals surface area contributed by atoms with Crippen molar-refractivity contribution in [3.63, 3.8) is 0 Å². The van der Waals surface area contributed by atoms with Gasteiger partial charge in [0.1, 0.15) is 25.0 Å². The van der Waals surface area contributed by atoms with Crippen LogP contribution in [0.1, 0.15) is 0 Å². The van der Waals surface area contributed by atoms with E-state index in [4.69, 9.17) is 18.9 Å². The van der Waals surface area contributed by atoms with Crippen LogP contribution in [0.3, 0.4) is 0 Å². The van der Waals surface area contributed by atoms with Gasteiger partial charge in [-0.1, -0.05) is 0 Å². The number of hydrogen-bond donors (Lipinski definition) is 2. The summed E-state index contributed by atoms with van der Waals surface area (Å²) in [6.07, 6.45) is -0.699. The van der Waals surface area contributed by atoms with E-state index in [2.05, 4.69) is 0 Å². The molecule has 1 heterocycles. The fourth-order valence-corrected chi connectivity index (χ4v) is 4.16. The lowest BCUT2D eigenvalue weighted by Gasteiger charge is -2.25. The fourth-order valence-electron chi connectivity index (χ4n) is 2.76. The Morgan fingerprint density at radius 1 is 1.08 bits per heavy atom. The van der Waals surface area contributed by atoms with Crippen molar-refractivity contribution in [1.82, 2.24) is 0 Å². The molecule has 0 aliphatic carbocycles. The Hall–Kier alpha value is -1.42. The van der Waals surface area contributed by atoms with Gasteiger partial charge in [0.15, 0.2) is 21.3 Å². The van der Waals surface area contributed by atoms with Crippen molar-refractivity contribution in [1.29, 1.82) is 0 Å². The zero-order valence-electron chi connectivity index (χ0n) is 15.2. The summed E-state index contributed by atoms with van der Waals surface area (Å²) in [7, 11) is 1.65. The molecule has 1 saturated heterocycles. The van der Waals surface area contributed by atoms with Gasteiger partial charge in [-0.2, -0.15) is 0 Å². The van der Waals surface area contributed by atoms with Crippen LogP contribution in [0.4, 0.5) is 0 Å². The highest BCUT2D eigenvalue weighted by molar-refractivity contribution is 7.91. The predicted octanol–water partition coefficient (Wildman–Crippen LogP) is -4.23. The molecule has 2 N–H and O–H groups in total. The van der Waals surface area contributed by atoms with Gasteiger partial charge in [0.25, 0.3) is 0 Å². The summed E-state index contributed by atoms with van der Waals surface area (Å²) in [6.45, 7) is 1.57. The Morgan fingerprint density at radius 2 is 1.62 bits per heavy atom. The first kappa shape index (κ1) is 22.6. The topological polar surface area (TPSA) is 95.7 Å². The largest absolute Gasteiger partial charge is 1.00 e. The molecule has 0 aromatic heterocycles. The van der Waals surface area contributed by atoms with Gasteiger partial charge in [0, 0.05) is 12.1 Å². The molecule has 1 aromatic rings. The van der Waals surface area contributed by atoms with Crippen molar-refractivity contribution in [3.8, 4) is 23.0 Å². The van der Waals surface area contributed by atoms with Crippen molar-refractivity contribution < 1.29 is 49.8 Å². The van der Waals surface area contributed by atoms with Crippen LogP contribution in [-0.4, -0.2) is 78.7 Å². The molecule has 1 unspecified atom stereocenters. The number of methoxy groups -OCH3 is 3. The Bertz CT molecular complexity index is 644. The molecule has 2 rings (SSSR count). The summed E-state index contributed by atoms with van der Waals surface area (Å²) in [5.74, 6) is 2.24. The standard InChI is InChI=1S/C16H25NO7S.ClH/c1-21-14-8-13(9-15(22-2)16(14)23-3)24-11-12(18)10-17-4-6-25(19,20)7-5-17;/h8-9,12,18H,4-7,10-11H2,1-3H3;1H. The number of aliphatic hydroxyl groups excluding tert-OH is 1. The average molecular weight is 412 g/mol. The van der Waals surface area contributed by atoms with E-state index >= 15 is 0 Å². The monoisotopic (exact) mass is 411 g/mol. The maximum absolute atomic E-state index is 11.4. The lowest BCUT2D eigenvalue weighted by atomic mass is 10.2. The minimum Gasteiger partial charge on any atom is -1.00 e. The second-order valence-corrected chi connectivity index (χ2v) is 8.24. The summed E-state index contributed by atoms with van der Waals surface area (Å²) < 4.78 is 44.3. The number of hydrogen-bond acceptors (Lipinski definition) is 7. The Morgan fingerprint density at radius 3 is 2.08 bits per heavy atom. The number of halogens is 1. The lowest BCUT2D eigenvalue weighted by molar-refractivity contribution is -0.899. The summed E-state index contributed by atoms with van der Waals surface area (Å²) in [5, 5.41) is 10.2. The summed E-state index contributed by atoms with van der Waals surface area (Å²) in [4.78, 5) is 1.07. The highest BCUT2D eigenvalue weighted by Gasteiger charge is 2.26. The molecule has 1 aliphatic rings. The summed E-state index contributed by atoms with van der Waals surface area (Å²) >= 11 is 0. The van der Waals surface area contributed by atoms with Crippen molar-refractivity contribution >= 4 is 9.84 Å². The summed E-state index contributed by atoms with van der Waals surface area (Å²) in [5.41, 5.74) is 0. The van der Waals surface area contributed by atoms with Crippen LogP contribution in [-0.2, 0) is 9.84 Å². The van der Waals surface area contributed by atoms with E-state index in [0.29, 0.717) is 42.6 Å². The van der Waals surface area contributed by atoms with Gasteiger partial charge < -0.3 is 41.4 Å². The van der Waals surface area contributed by atoms with Gasteiger partial charge >= 0.3 is 0 Å². The molecule has 0 spiro atoms. The molecule has 1 fully saturated rings. The first-order valence-electron chi connectivity index (χ1n) is 8.03. The molecule has 150 valence electrons. The molecule has 10 heteroatoms. The number of rotatable bonds is 8. The highest BCUT2D eigenvalue weighted by atomic mass is 35.5. The second kappa shape index (κ2) is 10.1. The molecule has 8 nitrogen and oxygen atoms in total. The van der Waals surface area contributed by atoms with Crippen molar-refractivity contribution in [2.75, 3.05) is 59.1 Å². The van der Waals surface area contributed by atoms with Crippen LogP contribution in [0.25, 0.3) is 0 Å². The maximum atomic E-state index is 11.4. The van der Waals surface area contributed by atoms with E-state index in [-0.39, 0.29) is 30.5 Å². The number of benzene rings is 1. The van der Waals surface area contributed by atoms with E-state index in [1.54, 1.807) is 12.1 Å². The molecule has 26 heavy (non-hydrogen) atoms. The normalized spacial score (nSPS) is 17.7. The predicted molar refractivity (Wildman–Crippen MR) is 91.8 cm³/mol. The number of quaternary nitrogens is 1. The Balaban J connectivity index is 0.00000338. The third kappa shape index (κ3) is 6.08. The van der Waals surface area contributed by atoms with E-state index in [9.17, 15) is 13.5 Å². The van der Waals surface area contributed by atoms with Crippen LogP contribution in [0.15, 0.2) is 12.1 Å². The molecule has 0 bridgehead atoms. The quantitative estimate of drug-likeness (QED) is 0.447. The molecular formula is C16H26ClNO7S. The minimum absolute atomic E-state index is 0. The van der Waals surface area contributed by atoms with E-state index in [1.807, 2.05) is 0 Å². The van der Waals surface area contributed by atoms with Gasteiger partial charge in [-0.05, 0) is 0 Å². The summed E-state index contributed by atoms with van der Waals surface area (Å²) in [6, 6.07) is 3.32. The lowest BCUT2D eigenvalue weighted by Crippen LogP contribution is -3.15. The average Bonchev–Trinajstić information content (AvgIpc) is 2.60. The molecule has 0 radical (unpaired) electrons. The first-order valence-corrected chi connectivity index (χ1v) is 9.85. The maximum Gasteiger partial charge on any atom is 0.203 e. The zero-order valence-corrected chi connectivity index (χ0v) is 16.7. The van der Waals surface area contributed by atoms with Crippen molar-refractivity contribution in [2.45, 2.75) is 6.10 Å². The van der Waals surface area contributed by atoms with Crippen molar-refractivity contribution in [3.05, 3.63) is 12.1 Å². The third-order valence-electron chi connectivity index (χ3n) is 4.14. The second-order valence-electron chi connectivity index (χ2n) is 5.93. The van der Waals surface area contributed by atoms with Crippen molar-refractivity contribution in [2.24, 2.45) is 0 Å². The van der Waals surface area contributed by atoms with E-state index < -0.39 is 15.9 Å². The van der Waals surface area contributed by atoms with Crippen LogP contribution >= 0.6 is 0 Å². The third-order valence-corrected chi connectivity index (χ3v) is 5.79. The Kier molecular flexibility index (Phi) is 8.75. The highest BCUT2D eigenvalue weighted by Crippen LogP contribution is 2.40. The van der Waals surface area contributed by atoms with Gasteiger partial charge in [0.05, 0.1) is 45.9 Å². The van der Waals surface area contributed by atoms with Crippen LogP contribution in [0.2, 0.25) is 0 Å².